The number of thiocarbonyl (C=S) groups is 1. The van der Waals surface area contributed by atoms with Crippen LogP contribution in [0.1, 0.15) is 44.2 Å². The van der Waals surface area contributed by atoms with Crippen LogP contribution in [-0.4, -0.2) is 46.0 Å². The minimum atomic E-state index is -0.229. The van der Waals surface area contributed by atoms with Crippen molar-refractivity contribution >= 4 is 22.9 Å². The van der Waals surface area contributed by atoms with E-state index in [1.165, 1.54) is 0 Å². The summed E-state index contributed by atoms with van der Waals surface area (Å²) in [6.45, 7) is 6.15. The van der Waals surface area contributed by atoms with E-state index in [4.69, 9.17) is 31.2 Å². The first-order valence-electron chi connectivity index (χ1n) is 11.7. The van der Waals surface area contributed by atoms with E-state index < -0.39 is 0 Å². The Hall–Kier alpha value is -3.23. The van der Waals surface area contributed by atoms with Crippen LogP contribution in [0.25, 0.3) is 17.0 Å². The maximum Gasteiger partial charge on any atom is 0.258 e. The quantitative estimate of drug-likeness (QED) is 0.479. The Kier molecular flexibility index (Phi) is 6.60. The van der Waals surface area contributed by atoms with Crippen LogP contribution in [0.2, 0.25) is 0 Å². The molecule has 1 aromatic heterocycles. The molecular weight excluding hydrogens is 448 g/mol. The highest BCUT2D eigenvalue weighted by Crippen LogP contribution is 2.38. The van der Waals surface area contributed by atoms with Crippen molar-refractivity contribution in [1.82, 2.24) is 20.4 Å². The van der Waals surface area contributed by atoms with E-state index in [1.54, 1.807) is 0 Å². The van der Waals surface area contributed by atoms with Crippen molar-refractivity contribution in [1.29, 1.82) is 0 Å². The van der Waals surface area contributed by atoms with Crippen LogP contribution in [0.3, 0.4) is 0 Å². The van der Waals surface area contributed by atoms with Gasteiger partial charge in [-0.25, -0.2) is 0 Å². The average Bonchev–Trinajstić information content (AvgIpc) is 3.55. The van der Waals surface area contributed by atoms with Crippen LogP contribution in [-0.2, 0) is 4.74 Å². The van der Waals surface area contributed by atoms with Crippen LogP contribution >= 0.6 is 12.2 Å². The summed E-state index contributed by atoms with van der Waals surface area (Å²) < 4.78 is 17.3. The van der Waals surface area contributed by atoms with E-state index in [1.807, 2.05) is 61.5 Å². The van der Waals surface area contributed by atoms with E-state index in [0.29, 0.717) is 30.0 Å². The Morgan fingerprint density at radius 1 is 1.15 bits per heavy atom. The van der Waals surface area contributed by atoms with Gasteiger partial charge in [-0.2, -0.15) is 4.98 Å². The smallest absolute Gasteiger partial charge is 0.258 e. The lowest BCUT2D eigenvalue weighted by Crippen LogP contribution is -2.48. The van der Waals surface area contributed by atoms with Gasteiger partial charge in [-0.15, -0.1) is 0 Å². The Morgan fingerprint density at radius 2 is 1.94 bits per heavy atom. The summed E-state index contributed by atoms with van der Waals surface area (Å²) in [5.74, 6) is 1.86. The predicted molar refractivity (Wildman–Crippen MR) is 134 cm³/mol. The molecule has 176 valence electrons. The molecule has 5 rings (SSSR count). The molecule has 0 radical (unpaired) electrons. The molecular formula is C26H28N4O3S. The molecule has 2 aromatic carbocycles. The maximum absolute atomic E-state index is 5.89. The van der Waals surface area contributed by atoms with Crippen molar-refractivity contribution in [3.63, 3.8) is 0 Å². The van der Waals surface area contributed by atoms with Gasteiger partial charge in [0.15, 0.2) is 5.11 Å². The van der Waals surface area contributed by atoms with Gasteiger partial charge in [0.25, 0.3) is 5.89 Å². The number of aromatic nitrogens is 2. The number of hydrogen-bond donors (Lipinski definition) is 1. The third-order valence-corrected chi connectivity index (χ3v) is 6.56. The molecule has 2 unspecified atom stereocenters. The molecule has 2 aliphatic rings. The highest BCUT2D eigenvalue weighted by atomic mass is 32.1. The average molecular weight is 477 g/mol. The van der Waals surface area contributed by atoms with Crippen LogP contribution in [0.4, 0.5) is 0 Å². The summed E-state index contributed by atoms with van der Waals surface area (Å²) in [7, 11) is 0. The zero-order valence-corrected chi connectivity index (χ0v) is 20.2. The molecule has 0 amide bonds. The third-order valence-electron chi connectivity index (χ3n) is 6.22. The van der Waals surface area contributed by atoms with Crippen molar-refractivity contribution in [2.75, 3.05) is 19.8 Å². The lowest BCUT2D eigenvalue weighted by atomic mass is 9.94. The fourth-order valence-electron chi connectivity index (χ4n) is 4.48. The van der Waals surface area contributed by atoms with E-state index in [2.05, 4.69) is 22.3 Å². The lowest BCUT2D eigenvalue weighted by Gasteiger charge is -2.38. The van der Waals surface area contributed by atoms with Crippen molar-refractivity contribution in [3.8, 4) is 17.1 Å². The summed E-state index contributed by atoms with van der Waals surface area (Å²) in [5, 5.41) is 8.44. The monoisotopic (exact) mass is 476 g/mol. The highest BCUT2D eigenvalue weighted by Gasteiger charge is 2.35. The van der Waals surface area contributed by atoms with Gasteiger partial charge in [-0.1, -0.05) is 47.6 Å². The van der Waals surface area contributed by atoms with Gasteiger partial charge in [0.2, 0.25) is 5.82 Å². The molecule has 0 bridgehead atoms. The van der Waals surface area contributed by atoms with Gasteiger partial charge >= 0.3 is 0 Å². The molecule has 3 aromatic rings. The fraction of sp³-hybridized carbons (Fsp3) is 0.346. The summed E-state index contributed by atoms with van der Waals surface area (Å²) >= 11 is 5.80. The molecule has 2 aliphatic heterocycles. The molecule has 8 heteroatoms. The number of nitrogens with one attached hydrogen (secondary N) is 1. The number of allylic oxidation sites excluding steroid dienone is 1. The largest absolute Gasteiger partial charge is 0.494 e. The molecule has 2 atom stereocenters. The first-order chi connectivity index (χ1) is 16.6. The topological polar surface area (TPSA) is 72.7 Å². The summed E-state index contributed by atoms with van der Waals surface area (Å²) in [6, 6.07) is 17.6. The van der Waals surface area contributed by atoms with E-state index in [-0.39, 0.29) is 12.1 Å². The number of benzene rings is 2. The maximum atomic E-state index is 5.89. The molecule has 7 nitrogen and oxygen atoms in total. The van der Waals surface area contributed by atoms with Gasteiger partial charge in [0.1, 0.15) is 5.75 Å². The van der Waals surface area contributed by atoms with Crippen LogP contribution < -0.4 is 10.1 Å². The number of nitrogens with zero attached hydrogens (tertiary/aromatic N) is 3. The van der Waals surface area contributed by atoms with E-state index in [0.717, 1.165) is 47.6 Å². The normalized spacial score (nSPS) is 20.5. The minimum Gasteiger partial charge on any atom is -0.494 e. The van der Waals surface area contributed by atoms with Crippen molar-refractivity contribution in [2.45, 2.75) is 38.8 Å². The first-order valence-corrected chi connectivity index (χ1v) is 12.1. The third kappa shape index (κ3) is 4.56. The van der Waals surface area contributed by atoms with Crippen LogP contribution in [0, 0.1) is 0 Å². The van der Waals surface area contributed by atoms with Gasteiger partial charge < -0.3 is 24.2 Å². The standard InChI is InChI=1S/C26H28N4O3S/c1-3-31-20-13-11-18(12-14-20)23-22(25-28-24(29-33-25)19-8-5-4-6-9-19)17(2)30(26(34)27-23)16-21-10-7-15-32-21/h4-6,8-9,11-14,21,23H,3,7,10,15-16H2,1-2H3,(H,27,34). The summed E-state index contributed by atoms with van der Waals surface area (Å²) in [4.78, 5) is 6.86. The second-order valence-electron chi connectivity index (χ2n) is 8.42. The Morgan fingerprint density at radius 3 is 2.65 bits per heavy atom. The van der Waals surface area contributed by atoms with Crippen LogP contribution in [0.15, 0.2) is 64.8 Å². The lowest BCUT2D eigenvalue weighted by molar-refractivity contribution is 0.0962. The van der Waals surface area contributed by atoms with Crippen molar-refractivity contribution in [2.24, 2.45) is 0 Å². The van der Waals surface area contributed by atoms with Gasteiger partial charge in [0.05, 0.1) is 30.9 Å². The Labute approximate surface area is 204 Å². The van der Waals surface area contributed by atoms with Gasteiger partial charge in [-0.3, -0.25) is 0 Å². The van der Waals surface area contributed by atoms with E-state index >= 15 is 0 Å². The van der Waals surface area contributed by atoms with Gasteiger partial charge in [-0.05, 0) is 56.6 Å². The molecule has 1 fully saturated rings. The van der Waals surface area contributed by atoms with Crippen molar-refractivity contribution in [3.05, 3.63) is 71.7 Å². The molecule has 1 saturated heterocycles. The predicted octanol–water partition coefficient (Wildman–Crippen LogP) is 4.98. The molecule has 1 N–H and O–H groups in total. The Bertz CT molecular complexity index is 1170. The number of ether oxygens (including phenoxy) is 2. The zero-order chi connectivity index (χ0) is 23.5. The van der Waals surface area contributed by atoms with Crippen LogP contribution in [0.5, 0.6) is 5.75 Å². The molecule has 3 heterocycles. The SMILES string of the molecule is CCOc1ccc(C2NC(=S)N(CC3CCCO3)C(C)=C2c2nc(-c3ccccc3)no2)cc1. The Balaban J connectivity index is 1.54. The van der Waals surface area contributed by atoms with Crippen molar-refractivity contribution < 1.29 is 14.0 Å². The molecule has 0 spiro atoms. The second-order valence-corrected chi connectivity index (χ2v) is 8.81. The molecule has 0 saturated carbocycles. The minimum absolute atomic E-state index is 0.153. The second kappa shape index (κ2) is 9.95. The number of hydrogen-bond acceptors (Lipinski definition) is 6. The fourth-order valence-corrected chi connectivity index (χ4v) is 4.81. The van der Waals surface area contributed by atoms with E-state index in [9.17, 15) is 0 Å². The highest BCUT2D eigenvalue weighted by molar-refractivity contribution is 7.80. The van der Waals surface area contributed by atoms with Gasteiger partial charge in [0, 0.05) is 17.9 Å². The molecule has 0 aliphatic carbocycles. The summed E-state index contributed by atoms with van der Waals surface area (Å²) in [6.07, 6.45) is 2.26. The first kappa shape index (κ1) is 22.6. The molecule has 34 heavy (non-hydrogen) atoms. The summed E-state index contributed by atoms with van der Waals surface area (Å²) in [5.41, 5.74) is 3.84. The zero-order valence-electron chi connectivity index (χ0n) is 19.4. The number of rotatable bonds is 7.